The van der Waals surface area contributed by atoms with Crippen LogP contribution in [0.5, 0.6) is 0 Å². The van der Waals surface area contributed by atoms with Crippen LogP contribution in [0.1, 0.15) is 36.1 Å². The second kappa shape index (κ2) is 9.84. The van der Waals surface area contributed by atoms with Gasteiger partial charge in [0.15, 0.2) is 0 Å². The second-order valence-corrected chi connectivity index (χ2v) is 17.6. The number of fused-ring (bicyclic) bond motifs is 13. The zero-order valence-electron chi connectivity index (χ0n) is 33.0. The lowest BCUT2D eigenvalue weighted by Crippen LogP contribution is -1.94. The van der Waals surface area contributed by atoms with Crippen LogP contribution in [-0.2, 0) is 12.8 Å². The van der Waals surface area contributed by atoms with Crippen molar-refractivity contribution in [2.24, 2.45) is 0 Å². The summed E-state index contributed by atoms with van der Waals surface area (Å²) >= 11 is 0. The van der Waals surface area contributed by atoms with Crippen LogP contribution in [-0.4, -0.2) is 0 Å². The van der Waals surface area contributed by atoms with E-state index in [4.69, 9.17) is 0 Å². The van der Waals surface area contributed by atoms with Gasteiger partial charge in [-0.3, -0.25) is 0 Å². The molecule has 0 atom stereocenters. The molecule has 0 aliphatic heterocycles. The summed E-state index contributed by atoms with van der Waals surface area (Å²) in [6.07, 6.45) is 2.08. The average Bonchev–Trinajstić information content (AvgIpc) is 3.90. The van der Waals surface area contributed by atoms with E-state index in [9.17, 15) is 0 Å². The summed E-state index contributed by atoms with van der Waals surface area (Å²) in [5.41, 5.74) is 11.7. The number of benzene rings is 12. The molecule has 14 aromatic carbocycles. The van der Waals surface area contributed by atoms with Crippen LogP contribution < -0.4 is 0 Å². The molecule has 0 aromatic heterocycles. The first kappa shape index (κ1) is 30.4. The summed E-state index contributed by atoms with van der Waals surface area (Å²) in [5.74, 6) is 0. The molecule has 0 N–H and O–H groups in total. The van der Waals surface area contributed by atoms with Gasteiger partial charge < -0.3 is 0 Å². The minimum absolute atomic E-state index is 1.04. The van der Waals surface area contributed by atoms with Gasteiger partial charge >= 0.3 is 0 Å². The van der Waals surface area contributed by atoms with Crippen LogP contribution in [0.25, 0.3) is 152 Å². The third kappa shape index (κ3) is 3.17. The fourth-order valence-corrected chi connectivity index (χ4v) is 12.9. The molecule has 0 heteroatoms. The molecule has 268 valence electrons. The lowest BCUT2D eigenvalue weighted by molar-refractivity contribution is 1.11. The van der Waals surface area contributed by atoms with Crippen molar-refractivity contribution in [1.82, 2.24) is 0 Å². The van der Waals surface area contributed by atoms with Crippen molar-refractivity contribution < 1.29 is 0 Å². The van der Waals surface area contributed by atoms with Crippen molar-refractivity contribution in [1.29, 1.82) is 0 Å². The maximum absolute atomic E-state index is 2.53. The van der Waals surface area contributed by atoms with E-state index < -0.39 is 0 Å². The maximum atomic E-state index is 2.53. The molecule has 0 spiro atoms. The Morgan fingerprint density at radius 1 is 0.276 bits per heavy atom. The molecule has 15 rings (SSSR count). The highest BCUT2D eigenvalue weighted by Crippen LogP contribution is 2.58. The van der Waals surface area contributed by atoms with Crippen molar-refractivity contribution >= 4 is 129 Å². The highest BCUT2D eigenvalue weighted by atomic mass is 14.3. The molecule has 0 saturated carbocycles. The topological polar surface area (TPSA) is 0 Å². The van der Waals surface area contributed by atoms with Gasteiger partial charge in [0.05, 0.1) is 0 Å². The number of hydrogen-bond donors (Lipinski definition) is 0. The summed E-state index contributed by atoms with van der Waals surface area (Å²) in [6, 6.07) is 48.0. The first-order valence-electron chi connectivity index (χ1n) is 21.2. The minimum Gasteiger partial charge on any atom is -0.0613 e. The Kier molecular flexibility index (Phi) is 5.16. The molecular formula is C58H36. The SMILES string of the molecule is CCc1ccc(CC)c2c1-c1c(C)cc3c4ccc5c6ccc7c8cc9c(cc8c8ccc(c%10ccc(c%11cc(C)c-2c1c3%11)c4c5%10)c6c78)c1cccc2cccc9c21. The molecule has 0 radical (unpaired) electrons. The van der Waals surface area contributed by atoms with Crippen LogP contribution in [0.15, 0.2) is 121 Å². The van der Waals surface area contributed by atoms with Gasteiger partial charge in [0, 0.05) is 0 Å². The van der Waals surface area contributed by atoms with Crippen LogP contribution in [0, 0.1) is 13.8 Å². The van der Waals surface area contributed by atoms with Gasteiger partial charge in [0.2, 0.25) is 0 Å². The van der Waals surface area contributed by atoms with Gasteiger partial charge in [-0.1, -0.05) is 123 Å². The van der Waals surface area contributed by atoms with Crippen molar-refractivity contribution in [2.45, 2.75) is 40.5 Å². The standard InChI is InChI=1S/C58H36/c1-5-29-13-14-30(6-2)52-49-28(4)24-47-41-22-18-37-35-16-20-39-45-26-43-33-12-8-10-31-9-7-11-32(50(31)33)42(43)25-44(45)38-19-15-34(53(35)55(38)39)36-17-21-40(56(41)54(36)37)46-23-27(3)48(51(29)52)58(49)57(46)47/h7-26H,5-6H2,1-4H3. The fourth-order valence-electron chi connectivity index (χ4n) is 12.9. The molecule has 0 fully saturated rings. The van der Waals surface area contributed by atoms with E-state index in [1.54, 1.807) is 0 Å². The van der Waals surface area contributed by atoms with E-state index in [2.05, 4.69) is 149 Å². The van der Waals surface area contributed by atoms with Gasteiger partial charge in [-0.25, -0.2) is 0 Å². The summed E-state index contributed by atoms with van der Waals surface area (Å²) in [4.78, 5) is 0. The predicted molar refractivity (Wildman–Crippen MR) is 254 cm³/mol. The van der Waals surface area contributed by atoms with Crippen molar-refractivity contribution in [3.63, 3.8) is 0 Å². The van der Waals surface area contributed by atoms with E-state index >= 15 is 0 Å². The smallest absolute Gasteiger partial charge is 0.000833 e. The zero-order chi connectivity index (χ0) is 38.0. The molecule has 14 aromatic rings. The Bertz CT molecular complexity index is 3960. The summed E-state index contributed by atoms with van der Waals surface area (Å²) < 4.78 is 0. The lowest BCUT2D eigenvalue weighted by Gasteiger charge is -2.21. The molecule has 0 amide bonds. The van der Waals surface area contributed by atoms with Gasteiger partial charge in [0.1, 0.15) is 0 Å². The summed E-state index contributed by atoms with van der Waals surface area (Å²) in [7, 11) is 0. The monoisotopic (exact) mass is 732 g/mol. The molecule has 1 aliphatic rings. The Labute approximate surface area is 334 Å². The lowest BCUT2D eigenvalue weighted by atomic mass is 9.82. The van der Waals surface area contributed by atoms with Gasteiger partial charge in [-0.05, 0) is 213 Å². The molecule has 0 unspecified atom stereocenters. The van der Waals surface area contributed by atoms with E-state index in [1.165, 1.54) is 174 Å². The Morgan fingerprint density at radius 3 is 0.983 bits per heavy atom. The number of rotatable bonds is 2. The van der Waals surface area contributed by atoms with Crippen LogP contribution in [0.3, 0.4) is 0 Å². The third-order valence-corrected chi connectivity index (χ3v) is 15.1. The second-order valence-electron chi connectivity index (χ2n) is 17.6. The number of hydrogen-bond acceptors (Lipinski definition) is 0. The summed E-state index contributed by atoms with van der Waals surface area (Å²) in [5, 5.41) is 33.2. The van der Waals surface area contributed by atoms with Crippen LogP contribution in [0.2, 0.25) is 0 Å². The molecule has 58 heavy (non-hydrogen) atoms. The average molecular weight is 733 g/mol. The minimum atomic E-state index is 1.04. The van der Waals surface area contributed by atoms with Crippen molar-refractivity contribution in [3.8, 4) is 22.3 Å². The van der Waals surface area contributed by atoms with E-state index in [0.29, 0.717) is 0 Å². The van der Waals surface area contributed by atoms with Gasteiger partial charge in [-0.15, -0.1) is 0 Å². The van der Waals surface area contributed by atoms with E-state index in [1.807, 2.05) is 0 Å². The fraction of sp³-hybridized carbons (Fsp3) is 0.103. The quantitative estimate of drug-likeness (QED) is 0.123. The van der Waals surface area contributed by atoms with Crippen molar-refractivity contribution in [3.05, 3.63) is 144 Å². The van der Waals surface area contributed by atoms with Crippen molar-refractivity contribution in [2.75, 3.05) is 0 Å². The van der Waals surface area contributed by atoms with E-state index in [-0.39, 0.29) is 0 Å². The van der Waals surface area contributed by atoms with Crippen LogP contribution >= 0.6 is 0 Å². The molecule has 0 heterocycles. The zero-order valence-corrected chi connectivity index (χ0v) is 33.0. The normalized spacial score (nSPS) is 13.3. The van der Waals surface area contributed by atoms with Gasteiger partial charge in [0.25, 0.3) is 0 Å². The molecule has 0 nitrogen and oxygen atoms in total. The molecular weight excluding hydrogens is 697 g/mol. The first-order valence-corrected chi connectivity index (χ1v) is 21.2. The highest BCUT2D eigenvalue weighted by Gasteiger charge is 2.32. The molecule has 0 bridgehead atoms. The third-order valence-electron chi connectivity index (χ3n) is 15.1. The Balaban J connectivity index is 1.08. The first-order chi connectivity index (χ1) is 28.5. The molecule has 0 saturated heterocycles. The molecule has 1 aliphatic carbocycles. The highest BCUT2D eigenvalue weighted by molar-refractivity contribution is 6.47. The number of aryl methyl sites for hydroxylation is 4. The maximum Gasteiger partial charge on any atom is -0.000833 e. The predicted octanol–water partition coefficient (Wildman–Crippen LogP) is 16.7. The largest absolute Gasteiger partial charge is 0.0613 e. The summed E-state index contributed by atoms with van der Waals surface area (Å²) in [6.45, 7) is 9.36. The van der Waals surface area contributed by atoms with Gasteiger partial charge in [-0.2, -0.15) is 0 Å². The van der Waals surface area contributed by atoms with Crippen LogP contribution in [0.4, 0.5) is 0 Å². The Morgan fingerprint density at radius 2 is 0.603 bits per heavy atom. The van der Waals surface area contributed by atoms with E-state index in [0.717, 1.165) is 12.8 Å². The Hall–Kier alpha value is -6.76.